The van der Waals surface area contributed by atoms with Crippen molar-refractivity contribution in [2.75, 3.05) is 19.7 Å². The largest absolute Gasteiger partial charge is 0.376 e. The number of H-pyrrole nitrogens is 1. The van der Waals surface area contributed by atoms with E-state index >= 15 is 0 Å². The van der Waals surface area contributed by atoms with Crippen molar-refractivity contribution >= 4 is 10.9 Å². The molecule has 1 aromatic carbocycles. The Morgan fingerprint density at radius 1 is 1.25 bits per heavy atom. The number of nitrogens with one attached hydrogen (secondary N) is 1. The first kappa shape index (κ1) is 15.3. The van der Waals surface area contributed by atoms with E-state index < -0.39 is 0 Å². The summed E-state index contributed by atoms with van der Waals surface area (Å²) in [6.45, 7) is 3.74. The molecule has 1 aliphatic heterocycles. The number of nitrogens with zero attached hydrogens (tertiary/aromatic N) is 3. The minimum atomic E-state index is 0.277. The van der Waals surface area contributed by atoms with Gasteiger partial charge in [-0.2, -0.15) is 0 Å². The van der Waals surface area contributed by atoms with Crippen LogP contribution in [0.5, 0.6) is 0 Å². The van der Waals surface area contributed by atoms with E-state index in [9.17, 15) is 0 Å². The molecule has 0 spiro atoms. The monoisotopic (exact) mass is 322 g/mol. The first-order valence-corrected chi connectivity index (χ1v) is 8.52. The summed E-state index contributed by atoms with van der Waals surface area (Å²) in [5.41, 5.74) is 3.66. The minimum Gasteiger partial charge on any atom is -0.376 e. The molecule has 5 heteroatoms. The number of fused-ring (bicyclic) bond motifs is 1. The molecule has 0 unspecified atom stereocenters. The Morgan fingerprint density at radius 2 is 2.21 bits per heavy atom. The van der Waals surface area contributed by atoms with Gasteiger partial charge in [0.2, 0.25) is 0 Å². The molecule has 0 aliphatic carbocycles. The average molecular weight is 322 g/mol. The molecule has 4 rings (SSSR count). The zero-order valence-corrected chi connectivity index (χ0v) is 13.7. The fourth-order valence-corrected chi connectivity index (χ4v) is 3.38. The van der Waals surface area contributed by atoms with Crippen LogP contribution in [0.1, 0.15) is 17.7 Å². The third-order valence-electron chi connectivity index (χ3n) is 4.66. The van der Waals surface area contributed by atoms with Gasteiger partial charge < -0.3 is 9.72 Å². The van der Waals surface area contributed by atoms with Crippen molar-refractivity contribution in [2.45, 2.75) is 25.5 Å². The van der Waals surface area contributed by atoms with Gasteiger partial charge in [-0.25, -0.2) is 9.97 Å². The highest BCUT2D eigenvalue weighted by molar-refractivity contribution is 5.82. The molecular weight excluding hydrogens is 300 g/mol. The van der Waals surface area contributed by atoms with Crippen LogP contribution in [0, 0.1) is 0 Å². The lowest BCUT2D eigenvalue weighted by atomic mass is 10.1. The van der Waals surface area contributed by atoms with Crippen molar-refractivity contribution in [1.29, 1.82) is 0 Å². The van der Waals surface area contributed by atoms with Crippen LogP contribution in [0.25, 0.3) is 10.9 Å². The number of aryl methyl sites for hydroxylation is 1. The lowest BCUT2D eigenvalue weighted by Gasteiger charge is -2.32. The van der Waals surface area contributed by atoms with Gasteiger partial charge in [0.1, 0.15) is 6.33 Å². The highest BCUT2D eigenvalue weighted by Crippen LogP contribution is 2.21. The van der Waals surface area contributed by atoms with Crippen LogP contribution in [0.3, 0.4) is 0 Å². The van der Waals surface area contributed by atoms with Gasteiger partial charge in [0.15, 0.2) is 0 Å². The van der Waals surface area contributed by atoms with Crippen LogP contribution in [-0.4, -0.2) is 45.7 Å². The van der Waals surface area contributed by atoms with Gasteiger partial charge in [0, 0.05) is 48.6 Å². The summed E-state index contributed by atoms with van der Waals surface area (Å²) in [5.74, 6) is 0. The van der Waals surface area contributed by atoms with Crippen LogP contribution in [0.4, 0.5) is 0 Å². The van der Waals surface area contributed by atoms with Gasteiger partial charge in [-0.05, 0) is 30.5 Å². The molecular formula is C19H22N4O. The van der Waals surface area contributed by atoms with Gasteiger partial charge in [0.05, 0.1) is 12.7 Å². The molecule has 3 heterocycles. The number of morpholine rings is 1. The molecule has 1 N–H and O–H groups in total. The highest BCUT2D eigenvalue weighted by atomic mass is 16.5. The number of para-hydroxylation sites is 1. The summed E-state index contributed by atoms with van der Waals surface area (Å²) in [6.07, 6.45) is 7.76. The molecule has 0 saturated carbocycles. The molecule has 1 fully saturated rings. The molecule has 3 aromatic rings. The normalized spacial score (nSPS) is 18.9. The van der Waals surface area contributed by atoms with Gasteiger partial charge in [-0.1, -0.05) is 18.2 Å². The molecule has 5 nitrogen and oxygen atoms in total. The first-order valence-electron chi connectivity index (χ1n) is 8.52. The number of rotatable bonds is 5. The third-order valence-corrected chi connectivity index (χ3v) is 4.66. The predicted molar refractivity (Wildman–Crippen MR) is 93.7 cm³/mol. The van der Waals surface area contributed by atoms with Crippen molar-refractivity contribution in [3.63, 3.8) is 0 Å². The average Bonchev–Trinajstić information content (AvgIpc) is 3.04. The molecule has 1 atom stereocenters. The standard InChI is InChI=1S/C19H22N4O/c1-2-4-19-18(3-1)15(11-21-19)12-23-9-10-24-17(13-23)6-5-16-7-8-20-14-22-16/h1-4,7-8,11,14,17,21H,5-6,9-10,12-13H2/t17-/m1/s1. The third kappa shape index (κ3) is 3.47. The van der Waals surface area contributed by atoms with Crippen molar-refractivity contribution in [2.24, 2.45) is 0 Å². The Hall–Kier alpha value is -2.24. The van der Waals surface area contributed by atoms with E-state index in [1.54, 1.807) is 12.5 Å². The van der Waals surface area contributed by atoms with E-state index in [4.69, 9.17) is 4.74 Å². The van der Waals surface area contributed by atoms with E-state index in [1.165, 1.54) is 16.5 Å². The number of hydrogen-bond acceptors (Lipinski definition) is 4. The van der Waals surface area contributed by atoms with Crippen molar-refractivity contribution < 1.29 is 4.74 Å². The number of ether oxygens (including phenoxy) is 1. The quantitative estimate of drug-likeness (QED) is 0.785. The van der Waals surface area contributed by atoms with E-state index in [1.807, 2.05) is 6.07 Å². The summed E-state index contributed by atoms with van der Waals surface area (Å²) in [7, 11) is 0. The Balaban J connectivity index is 1.36. The SMILES string of the molecule is c1ccc2c(CN3CCO[C@H](CCc4ccncn4)C3)c[nH]c2c1. The van der Waals surface area contributed by atoms with Crippen molar-refractivity contribution in [3.8, 4) is 0 Å². The summed E-state index contributed by atoms with van der Waals surface area (Å²) >= 11 is 0. The van der Waals surface area contributed by atoms with Gasteiger partial charge >= 0.3 is 0 Å². The Labute approximate surface area is 141 Å². The lowest BCUT2D eigenvalue weighted by molar-refractivity contribution is -0.0345. The molecule has 1 aliphatic rings. The number of benzene rings is 1. The molecule has 1 saturated heterocycles. The van der Waals surface area contributed by atoms with Crippen LogP contribution in [0.2, 0.25) is 0 Å². The fraction of sp³-hybridized carbons (Fsp3) is 0.368. The van der Waals surface area contributed by atoms with E-state index in [-0.39, 0.29) is 6.10 Å². The number of aromatic nitrogens is 3. The Morgan fingerprint density at radius 3 is 3.12 bits per heavy atom. The Kier molecular flexibility index (Phi) is 4.53. The smallest absolute Gasteiger partial charge is 0.115 e. The maximum absolute atomic E-state index is 5.94. The Bertz CT molecular complexity index is 786. The second-order valence-electron chi connectivity index (χ2n) is 6.33. The lowest BCUT2D eigenvalue weighted by Crippen LogP contribution is -2.42. The zero-order chi connectivity index (χ0) is 16.2. The maximum atomic E-state index is 5.94. The number of hydrogen-bond donors (Lipinski definition) is 1. The second kappa shape index (κ2) is 7.11. The summed E-state index contributed by atoms with van der Waals surface area (Å²) in [6, 6.07) is 10.5. The first-order chi connectivity index (χ1) is 11.9. The maximum Gasteiger partial charge on any atom is 0.115 e. The zero-order valence-electron chi connectivity index (χ0n) is 13.7. The van der Waals surface area contributed by atoms with Crippen molar-refractivity contribution in [3.05, 3.63) is 60.3 Å². The van der Waals surface area contributed by atoms with Crippen LogP contribution in [-0.2, 0) is 17.7 Å². The van der Waals surface area contributed by atoms with E-state index in [0.29, 0.717) is 0 Å². The molecule has 0 bridgehead atoms. The fourth-order valence-electron chi connectivity index (χ4n) is 3.38. The molecule has 124 valence electrons. The highest BCUT2D eigenvalue weighted by Gasteiger charge is 2.21. The predicted octanol–water partition coefficient (Wildman–Crippen LogP) is 2.79. The topological polar surface area (TPSA) is 54.0 Å². The molecule has 0 radical (unpaired) electrons. The van der Waals surface area contributed by atoms with E-state index in [2.05, 4.69) is 50.3 Å². The van der Waals surface area contributed by atoms with Crippen LogP contribution >= 0.6 is 0 Å². The van der Waals surface area contributed by atoms with E-state index in [0.717, 1.165) is 44.8 Å². The molecule has 2 aromatic heterocycles. The molecule has 0 amide bonds. The van der Waals surface area contributed by atoms with Gasteiger partial charge in [-0.3, -0.25) is 4.90 Å². The second-order valence-corrected chi connectivity index (χ2v) is 6.33. The summed E-state index contributed by atoms with van der Waals surface area (Å²) in [4.78, 5) is 14.1. The van der Waals surface area contributed by atoms with Gasteiger partial charge in [0.25, 0.3) is 0 Å². The summed E-state index contributed by atoms with van der Waals surface area (Å²) in [5, 5.41) is 1.32. The van der Waals surface area contributed by atoms with Crippen molar-refractivity contribution in [1.82, 2.24) is 19.9 Å². The van der Waals surface area contributed by atoms with Gasteiger partial charge in [-0.15, -0.1) is 0 Å². The van der Waals surface area contributed by atoms with Crippen LogP contribution < -0.4 is 0 Å². The summed E-state index contributed by atoms with van der Waals surface area (Å²) < 4.78 is 5.94. The molecule has 24 heavy (non-hydrogen) atoms. The van der Waals surface area contributed by atoms with Crippen LogP contribution in [0.15, 0.2) is 49.1 Å². The number of aromatic amines is 1. The minimum absolute atomic E-state index is 0.277.